The highest BCUT2D eigenvalue weighted by Crippen LogP contribution is 2.02. The van der Waals surface area contributed by atoms with Crippen molar-refractivity contribution in [3.05, 3.63) is 28.0 Å². The molecule has 0 amide bonds. The third-order valence-corrected chi connectivity index (χ3v) is 1.62. The largest absolute Gasteiger partial charge is 0.427 e. The molecule has 0 aliphatic rings. The van der Waals surface area contributed by atoms with Crippen molar-refractivity contribution in [2.24, 2.45) is 0 Å². The minimum atomic E-state index is 0.456. The Morgan fingerprint density at radius 2 is 2.00 bits per heavy atom. The molecule has 10 heavy (non-hydrogen) atoms. The number of aromatic nitrogens is 1. The van der Waals surface area contributed by atoms with Crippen molar-refractivity contribution in [3.63, 3.8) is 0 Å². The minimum Gasteiger partial charge on any atom is -0.427 e. The third-order valence-electron chi connectivity index (χ3n) is 1.33. The van der Waals surface area contributed by atoms with Gasteiger partial charge in [-0.2, -0.15) is 4.73 Å². The van der Waals surface area contributed by atoms with E-state index >= 15 is 0 Å². The van der Waals surface area contributed by atoms with Crippen molar-refractivity contribution in [2.75, 3.05) is 0 Å². The molecule has 0 saturated heterocycles. The quantitative estimate of drug-likeness (QED) is 0.458. The third kappa shape index (κ3) is 1.19. The Bertz CT molecular complexity index is 303. The number of pyridine rings is 1. The molecule has 0 atom stereocenters. The molecule has 2 nitrogen and oxygen atoms in total. The van der Waals surface area contributed by atoms with Crippen LogP contribution < -0.4 is 0 Å². The molecule has 1 heterocycles. The van der Waals surface area contributed by atoms with Crippen molar-refractivity contribution < 1.29 is 5.21 Å². The lowest BCUT2D eigenvalue weighted by Crippen LogP contribution is -1.98. The summed E-state index contributed by atoms with van der Waals surface area (Å²) in [7, 11) is 0. The second-order valence-electron chi connectivity index (χ2n) is 2.32. The molecule has 0 saturated carbocycles. The van der Waals surface area contributed by atoms with Gasteiger partial charge < -0.3 is 5.21 Å². The van der Waals surface area contributed by atoms with Gasteiger partial charge in [0.15, 0.2) is 0 Å². The molecular weight excluding hydrogens is 146 g/mol. The van der Waals surface area contributed by atoms with Crippen LogP contribution in [0.2, 0.25) is 0 Å². The fourth-order valence-electron chi connectivity index (χ4n) is 0.862. The average molecular weight is 155 g/mol. The zero-order chi connectivity index (χ0) is 7.72. The van der Waals surface area contributed by atoms with Crippen LogP contribution in [-0.2, 0) is 0 Å². The van der Waals surface area contributed by atoms with Crippen molar-refractivity contribution in [1.82, 2.24) is 4.73 Å². The molecule has 0 unspecified atom stereocenters. The molecule has 1 rings (SSSR count). The van der Waals surface area contributed by atoms with Gasteiger partial charge in [-0.15, -0.1) is 0 Å². The second kappa shape index (κ2) is 2.42. The van der Waals surface area contributed by atoms with Crippen LogP contribution >= 0.6 is 12.2 Å². The van der Waals surface area contributed by atoms with Gasteiger partial charge in [0.05, 0.1) is 5.69 Å². The van der Waals surface area contributed by atoms with Crippen LogP contribution in [0, 0.1) is 18.5 Å². The first-order valence-corrected chi connectivity index (χ1v) is 3.41. The van der Waals surface area contributed by atoms with E-state index in [1.165, 1.54) is 0 Å². The Morgan fingerprint density at radius 1 is 1.40 bits per heavy atom. The molecule has 1 aromatic heterocycles. The van der Waals surface area contributed by atoms with Gasteiger partial charge in [0.25, 0.3) is 0 Å². The molecule has 0 aliphatic carbocycles. The van der Waals surface area contributed by atoms with Crippen LogP contribution in [0.1, 0.15) is 11.3 Å². The van der Waals surface area contributed by atoms with Gasteiger partial charge in [-0.3, -0.25) is 0 Å². The Hall–Kier alpha value is -0.830. The molecule has 0 radical (unpaired) electrons. The van der Waals surface area contributed by atoms with Gasteiger partial charge in [-0.05, 0) is 31.5 Å². The summed E-state index contributed by atoms with van der Waals surface area (Å²) in [6, 6.07) is 3.62. The number of aryl methyl sites for hydroxylation is 2. The predicted molar refractivity (Wildman–Crippen MR) is 41.9 cm³/mol. The van der Waals surface area contributed by atoms with Crippen molar-refractivity contribution in [3.8, 4) is 0 Å². The van der Waals surface area contributed by atoms with E-state index in [2.05, 4.69) is 0 Å². The van der Waals surface area contributed by atoms with Crippen molar-refractivity contribution in [1.29, 1.82) is 0 Å². The maximum absolute atomic E-state index is 9.14. The molecule has 54 valence electrons. The number of hydrogen-bond donors (Lipinski definition) is 1. The molecule has 0 aliphatic heterocycles. The van der Waals surface area contributed by atoms with Gasteiger partial charge in [0.2, 0.25) is 0 Å². The molecule has 0 fully saturated rings. The minimum absolute atomic E-state index is 0.456. The molecule has 0 spiro atoms. The maximum Gasteiger partial charge on any atom is 0.142 e. The van der Waals surface area contributed by atoms with E-state index in [4.69, 9.17) is 17.4 Å². The predicted octanol–water partition coefficient (Wildman–Crippen LogP) is 2.07. The first-order chi connectivity index (χ1) is 4.61. The lowest BCUT2D eigenvalue weighted by molar-refractivity contribution is 0.173. The van der Waals surface area contributed by atoms with E-state index in [9.17, 15) is 0 Å². The Labute approximate surface area is 64.7 Å². The van der Waals surface area contributed by atoms with Gasteiger partial charge in [-0.1, -0.05) is 12.2 Å². The van der Waals surface area contributed by atoms with E-state index in [1.54, 1.807) is 6.07 Å². The Morgan fingerprint density at radius 3 is 2.50 bits per heavy atom. The summed E-state index contributed by atoms with van der Waals surface area (Å²) in [5.41, 5.74) is 1.85. The zero-order valence-corrected chi connectivity index (χ0v) is 6.77. The first-order valence-electron chi connectivity index (χ1n) is 3.01. The fraction of sp³-hybridized carbons (Fsp3) is 0.286. The highest BCUT2D eigenvalue weighted by Gasteiger charge is 1.93. The molecule has 1 N–H and O–H groups in total. The fourth-order valence-corrected chi connectivity index (χ4v) is 1.19. The Balaban J connectivity index is 3.46. The number of rotatable bonds is 0. The van der Waals surface area contributed by atoms with Crippen LogP contribution in [0.5, 0.6) is 0 Å². The average Bonchev–Trinajstić information content (AvgIpc) is 1.82. The monoisotopic (exact) mass is 155 g/mol. The van der Waals surface area contributed by atoms with Crippen LogP contribution in [0.4, 0.5) is 0 Å². The normalized spacial score (nSPS) is 9.80. The van der Waals surface area contributed by atoms with Crippen molar-refractivity contribution in [2.45, 2.75) is 13.8 Å². The zero-order valence-electron chi connectivity index (χ0n) is 5.96. The van der Waals surface area contributed by atoms with Crippen LogP contribution in [0.15, 0.2) is 12.1 Å². The molecule has 3 heteroatoms. The maximum atomic E-state index is 9.14. The van der Waals surface area contributed by atoms with E-state index in [-0.39, 0.29) is 0 Å². The van der Waals surface area contributed by atoms with Crippen LogP contribution in [0.25, 0.3) is 0 Å². The molecule has 0 bridgehead atoms. The van der Waals surface area contributed by atoms with Gasteiger partial charge in [0.1, 0.15) is 4.64 Å². The summed E-state index contributed by atoms with van der Waals surface area (Å²) in [6.07, 6.45) is 0. The molecule has 1 aromatic rings. The summed E-state index contributed by atoms with van der Waals surface area (Å²) in [5, 5.41) is 9.14. The van der Waals surface area contributed by atoms with E-state index in [1.807, 2.05) is 19.9 Å². The first kappa shape index (κ1) is 7.28. The lowest BCUT2D eigenvalue weighted by atomic mass is 10.2. The standard InChI is InChI=1S/C7H9NOS/c1-5-3-6(2)8(9)7(10)4-5/h3-4,9H,1-2H3. The van der Waals surface area contributed by atoms with Crippen LogP contribution in [0.3, 0.4) is 0 Å². The van der Waals surface area contributed by atoms with Gasteiger partial charge in [0, 0.05) is 0 Å². The van der Waals surface area contributed by atoms with E-state index in [0.29, 0.717) is 4.64 Å². The van der Waals surface area contributed by atoms with E-state index in [0.717, 1.165) is 16.0 Å². The second-order valence-corrected chi connectivity index (χ2v) is 2.74. The van der Waals surface area contributed by atoms with Gasteiger partial charge in [-0.25, -0.2) is 0 Å². The SMILES string of the molecule is Cc1cc(C)n(O)c(=S)c1. The summed E-state index contributed by atoms with van der Waals surface area (Å²) >= 11 is 4.84. The lowest BCUT2D eigenvalue weighted by Gasteiger charge is -2.02. The highest BCUT2D eigenvalue weighted by molar-refractivity contribution is 7.71. The van der Waals surface area contributed by atoms with E-state index < -0.39 is 0 Å². The summed E-state index contributed by atoms with van der Waals surface area (Å²) in [4.78, 5) is 0. The molecular formula is C7H9NOS. The number of hydrogen-bond acceptors (Lipinski definition) is 2. The highest BCUT2D eigenvalue weighted by atomic mass is 32.1. The van der Waals surface area contributed by atoms with Crippen molar-refractivity contribution >= 4 is 12.2 Å². The van der Waals surface area contributed by atoms with Crippen LogP contribution in [-0.4, -0.2) is 9.94 Å². The topological polar surface area (TPSA) is 25.2 Å². The number of nitrogens with zero attached hydrogens (tertiary/aromatic N) is 1. The smallest absolute Gasteiger partial charge is 0.142 e. The Kier molecular flexibility index (Phi) is 1.76. The van der Waals surface area contributed by atoms with Gasteiger partial charge >= 0.3 is 0 Å². The molecule has 0 aromatic carbocycles. The summed E-state index contributed by atoms with van der Waals surface area (Å²) in [6.45, 7) is 3.76. The summed E-state index contributed by atoms with van der Waals surface area (Å²) in [5.74, 6) is 0. The summed E-state index contributed by atoms with van der Waals surface area (Å²) < 4.78 is 1.46.